The van der Waals surface area contributed by atoms with Crippen LogP contribution < -0.4 is 4.74 Å². The van der Waals surface area contributed by atoms with E-state index in [1.54, 1.807) is 43.5 Å². The second-order valence-corrected chi connectivity index (χ2v) is 6.04. The number of halogens is 1. The van der Waals surface area contributed by atoms with Gasteiger partial charge in [-0.15, -0.1) is 0 Å². The lowest BCUT2D eigenvalue weighted by Crippen LogP contribution is -2.34. The maximum atomic E-state index is 12.9. The summed E-state index contributed by atoms with van der Waals surface area (Å²) in [5, 5.41) is 0.425. The summed E-state index contributed by atoms with van der Waals surface area (Å²) in [6.07, 6.45) is 2.59. The summed E-state index contributed by atoms with van der Waals surface area (Å²) in [7, 11) is 3.33. The van der Waals surface area contributed by atoms with Gasteiger partial charge in [-0.25, -0.2) is 0 Å². The molecule has 1 heterocycles. The molecule has 1 amide bonds. The smallest absolute Gasteiger partial charge is 0.254 e. The fourth-order valence-corrected chi connectivity index (χ4v) is 2.67. The van der Waals surface area contributed by atoms with Gasteiger partial charge in [0.2, 0.25) is 0 Å². The Labute approximate surface area is 153 Å². The number of pyridine rings is 1. The van der Waals surface area contributed by atoms with Gasteiger partial charge < -0.3 is 14.4 Å². The Balaban J connectivity index is 2.21. The second kappa shape index (κ2) is 9.39. The Morgan fingerprint density at radius 2 is 2.12 bits per heavy atom. The van der Waals surface area contributed by atoms with Crippen molar-refractivity contribution >= 4 is 17.5 Å². The van der Waals surface area contributed by atoms with Gasteiger partial charge in [0.05, 0.1) is 30.0 Å². The van der Waals surface area contributed by atoms with E-state index in [1.807, 2.05) is 25.1 Å². The number of methoxy groups -OCH3 is 1. The fourth-order valence-electron chi connectivity index (χ4n) is 2.43. The number of rotatable bonds is 8. The Morgan fingerprint density at radius 3 is 2.72 bits per heavy atom. The number of amides is 1. The second-order valence-electron chi connectivity index (χ2n) is 5.64. The number of aromatic nitrogens is 1. The number of carbonyl (C=O) groups excluding carboxylic acids is 1. The molecule has 1 atom stereocenters. The van der Waals surface area contributed by atoms with Crippen LogP contribution in [0.3, 0.4) is 0 Å². The van der Waals surface area contributed by atoms with Crippen LogP contribution in [0.4, 0.5) is 0 Å². The first-order valence-electron chi connectivity index (χ1n) is 8.17. The molecule has 6 heteroatoms. The molecule has 0 aliphatic rings. The van der Waals surface area contributed by atoms with Crippen LogP contribution in [0, 0.1) is 0 Å². The van der Waals surface area contributed by atoms with E-state index in [2.05, 4.69) is 4.98 Å². The van der Waals surface area contributed by atoms with Crippen LogP contribution in [0.2, 0.25) is 5.02 Å². The molecule has 0 saturated carbocycles. The number of benzene rings is 1. The quantitative estimate of drug-likeness (QED) is 0.712. The Kier molecular flexibility index (Phi) is 7.22. The minimum Gasteiger partial charge on any atom is -0.492 e. The largest absolute Gasteiger partial charge is 0.492 e. The molecule has 0 fully saturated rings. The molecular weight excluding hydrogens is 340 g/mol. The highest BCUT2D eigenvalue weighted by Gasteiger charge is 2.24. The van der Waals surface area contributed by atoms with E-state index >= 15 is 0 Å². The van der Waals surface area contributed by atoms with Crippen molar-refractivity contribution in [3.05, 3.63) is 58.9 Å². The Hall–Kier alpha value is -2.11. The first kappa shape index (κ1) is 19.2. The molecule has 1 aromatic heterocycles. The van der Waals surface area contributed by atoms with Crippen LogP contribution in [-0.2, 0) is 4.74 Å². The fraction of sp³-hybridized carbons (Fsp3) is 0.368. The van der Waals surface area contributed by atoms with Gasteiger partial charge in [-0.3, -0.25) is 9.78 Å². The van der Waals surface area contributed by atoms with Gasteiger partial charge in [0, 0.05) is 25.9 Å². The van der Waals surface area contributed by atoms with E-state index in [4.69, 9.17) is 21.1 Å². The number of likely N-dealkylation sites (N-methyl/N-ethyl adjacent to an activating group) is 1. The van der Waals surface area contributed by atoms with Crippen LogP contribution in [0.1, 0.15) is 35.4 Å². The van der Waals surface area contributed by atoms with Gasteiger partial charge in [0.15, 0.2) is 0 Å². The number of hydrogen-bond acceptors (Lipinski definition) is 4. The van der Waals surface area contributed by atoms with E-state index in [-0.39, 0.29) is 11.9 Å². The van der Waals surface area contributed by atoms with Crippen molar-refractivity contribution < 1.29 is 14.3 Å². The van der Waals surface area contributed by atoms with Crippen molar-refractivity contribution in [3.8, 4) is 5.75 Å². The van der Waals surface area contributed by atoms with E-state index in [1.165, 1.54) is 0 Å². The zero-order chi connectivity index (χ0) is 18.2. The topological polar surface area (TPSA) is 51.7 Å². The number of ether oxygens (including phenoxy) is 2. The highest BCUT2D eigenvalue weighted by atomic mass is 35.5. The molecule has 0 aliphatic heterocycles. The normalized spacial score (nSPS) is 11.8. The third-order valence-electron chi connectivity index (χ3n) is 3.78. The molecule has 0 spiro atoms. The summed E-state index contributed by atoms with van der Waals surface area (Å²) in [5.74, 6) is 0.428. The molecule has 1 unspecified atom stereocenters. The Morgan fingerprint density at radius 1 is 1.32 bits per heavy atom. The highest BCUT2D eigenvalue weighted by molar-refractivity contribution is 6.32. The summed E-state index contributed by atoms with van der Waals surface area (Å²) in [6.45, 7) is 2.96. The summed E-state index contributed by atoms with van der Waals surface area (Å²) in [5.41, 5.74) is 1.27. The molecule has 0 saturated heterocycles. The minimum absolute atomic E-state index is 0.156. The number of nitrogens with zero attached hydrogens (tertiary/aromatic N) is 2. The molecular formula is C19H23ClN2O3. The zero-order valence-corrected chi connectivity index (χ0v) is 15.5. The van der Waals surface area contributed by atoms with Crippen molar-refractivity contribution in [2.24, 2.45) is 0 Å². The van der Waals surface area contributed by atoms with Gasteiger partial charge in [-0.1, -0.05) is 24.6 Å². The van der Waals surface area contributed by atoms with Gasteiger partial charge in [0.25, 0.3) is 5.91 Å². The van der Waals surface area contributed by atoms with Crippen LogP contribution in [-0.4, -0.2) is 43.2 Å². The maximum absolute atomic E-state index is 12.9. The Bertz CT molecular complexity index is 694. The molecule has 1 aromatic carbocycles. The molecule has 0 bridgehead atoms. The third kappa shape index (κ3) is 4.94. The lowest BCUT2D eigenvalue weighted by Gasteiger charge is -2.27. The SMILES string of the molecule is CCCOc1ccc(C(=O)N(C)C(COC)c2ccccn2)cc1Cl. The van der Waals surface area contributed by atoms with E-state index in [9.17, 15) is 4.79 Å². The summed E-state index contributed by atoms with van der Waals surface area (Å²) < 4.78 is 10.8. The van der Waals surface area contributed by atoms with E-state index in [0.29, 0.717) is 29.5 Å². The van der Waals surface area contributed by atoms with Gasteiger partial charge in [-0.05, 0) is 36.8 Å². The number of hydrogen-bond donors (Lipinski definition) is 0. The van der Waals surface area contributed by atoms with Crippen LogP contribution >= 0.6 is 11.6 Å². The molecule has 2 rings (SSSR count). The highest BCUT2D eigenvalue weighted by Crippen LogP contribution is 2.27. The van der Waals surface area contributed by atoms with Crippen molar-refractivity contribution in [2.75, 3.05) is 27.4 Å². The molecule has 25 heavy (non-hydrogen) atoms. The van der Waals surface area contributed by atoms with E-state index in [0.717, 1.165) is 12.1 Å². The minimum atomic E-state index is -0.284. The molecule has 0 N–H and O–H groups in total. The maximum Gasteiger partial charge on any atom is 0.254 e. The molecule has 2 aromatic rings. The molecule has 134 valence electrons. The molecule has 0 aliphatic carbocycles. The lowest BCUT2D eigenvalue weighted by molar-refractivity contribution is 0.0595. The average molecular weight is 363 g/mol. The van der Waals surface area contributed by atoms with Crippen LogP contribution in [0.25, 0.3) is 0 Å². The predicted octanol–water partition coefficient (Wildman–Crippen LogP) is 3.98. The lowest BCUT2D eigenvalue weighted by atomic mass is 10.1. The van der Waals surface area contributed by atoms with Crippen molar-refractivity contribution in [1.82, 2.24) is 9.88 Å². The van der Waals surface area contributed by atoms with Crippen molar-refractivity contribution in [3.63, 3.8) is 0 Å². The van der Waals surface area contributed by atoms with Gasteiger partial charge in [0.1, 0.15) is 5.75 Å². The summed E-state index contributed by atoms with van der Waals surface area (Å²) in [4.78, 5) is 18.8. The van der Waals surface area contributed by atoms with Gasteiger partial charge in [-0.2, -0.15) is 0 Å². The van der Waals surface area contributed by atoms with E-state index < -0.39 is 0 Å². The molecule has 5 nitrogen and oxygen atoms in total. The zero-order valence-electron chi connectivity index (χ0n) is 14.7. The standard InChI is InChI=1S/C19H23ClN2O3/c1-4-11-25-18-9-8-14(12-15(18)20)19(23)22(2)17(13-24-3)16-7-5-6-10-21-16/h5-10,12,17H,4,11,13H2,1-3H3. The average Bonchev–Trinajstić information content (AvgIpc) is 2.64. The van der Waals surface area contributed by atoms with Crippen molar-refractivity contribution in [1.29, 1.82) is 0 Å². The third-order valence-corrected chi connectivity index (χ3v) is 4.08. The van der Waals surface area contributed by atoms with Crippen LogP contribution in [0.15, 0.2) is 42.6 Å². The first-order chi connectivity index (χ1) is 12.1. The first-order valence-corrected chi connectivity index (χ1v) is 8.55. The number of carbonyl (C=O) groups is 1. The predicted molar refractivity (Wildman–Crippen MR) is 98.2 cm³/mol. The van der Waals surface area contributed by atoms with Crippen LogP contribution in [0.5, 0.6) is 5.75 Å². The van der Waals surface area contributed by atoms with Gasteiger partial charge >= 0.3 is 0 Å². The monoisotopic (exact) mass is 362 g/mol. The summed E-state index contributed by atoms with van der Waals surface area (Å²) in [6, 6.07) is 10.4. The molecule has 0 radical (unpaired) electrons. The van der Waals surface area contributed by atoms with Crippen molar-refractivity contribution in [2.45, 2.75) is 19.4 Å². The summed E-state index contributed by atoms with van der Waals surface area (Å²) >= 11 is 6.24.